The zero-order valence-corrected chi connectivity index (χ0v) is 40.9. The number of carbonyl (C=O) groups is 6. The molecule has 14 heteroatoms. The molecule has 3 fully saturated rings. The molecule has 3 aliphatic rings. The number of ether oxygens (including phenoxy) is 1. The van der Waals surface area contributed by atoms with Crippen LogP contribution in [0.3, 0.4) is 0 Å². The highest BCUT2D eigenvalue weighted by Crippen LogP contribution is 2.38. The molecule has 0 radical (unpaired) electrons. The number of likely N-dealkylation sites (tertiary alicyclic amines) is 1. The van der Waals surface area contributed by atoms with Gasteiger partial charge in [0.1, 0.15) is 35.5 Å². The van der Waals surface area contributed by atoms with Crippen LogP contribution in [-0.4, -0.2) is 109 Å². The van der Waals surface area contributed by atoms with Gasteiger partial charge in [-0.25, -0.2) is 0 Å². The van der Waals surface area contributed by atoms with E-state index in [4.69, 9.17) is 9.16 Å². The predicted molar refractivity (Wildman–Crippen MR) is 258 cm³/mol. The number of benzene rings is 3. The monoisotopic (exact) mass is 922 g/mol. The highest BCUT2D eigenvalue weighted by atomic mass is 28.4. The average molecular weight is 922 g/mol. The first kappa shape index (κ1) is 50.1. The number of hydrogen-bond donors (Lipinski definition) is 3. The highest BCUT2D eigenvalue weighted by Gasteiger charge is 2.51. The summed E-state index contributed by atoms with van der Waals surface area (Å²) in [6.07, 6.45) is 6.22. The molecule has 3 aromatic carbocycles. The molecule has 0 saturated carbocycles. The van der Waals surface area contributed by atoms with Crippen molar-refractivity contribution in [2.75, 3.05) is 26.2 Å². The third-order valence-corrected chi connectivity index (χ3v) is 18.9. The zero-order valence-electron chi connectivity index (χ0n) is 39.9. The Labute approximate surface area is 392 Å². The van der Waals surface area contributed by atoms with Crippen molar-refractivity contribution < 1.29 is 37.9 Å². The van der Waals surface area contributed by atoms with Gasteiger partial charge in [0, 0.05) is 32.5 Å². The van der Waals surface area contributed by atoms with Crippen LogP contribution in [0.15, 0.2) is 84.9 Å². The number of amides is 5. The Hall–Kier alpha value is -5.34. The number of rotatable bonds is 17. The summed E-state index contributed by atoms with van der Waals surface area (Å²) in [6, 6.07) is 24.8. The van der Waals surface area contributed by atoms with E-state index in [1.54, 1.807) is 38.1 Å². The van der Waals surface area contributed by atoms with Gasteiger partial charge >= 0.3 is 0 Å². The quantitative estimate of drug-likeness (QED) is 0.120. The van der Waals surface area contributed by atoms with E-state index in [0.29, 0.717) is 50.8 Å². The number of Topliss-reactive ketones (excluding diaryl/α,β-unsaturated/α-hetero) is 1. The van der Waals surface area contributed by atoms with Crippen molar-refractivity contribution in [2.45, 2.75) is 153 Å². The molecule has 3 saturated heterocycles. The second-order valence-corrected chi connectivity index (χ2v) is 23.8. The number of piperidine rings is 1. The number of ketones is 1. The van der Waals surface area contributed by atoms with Crippen molar-refractivity contribution in [3.8, 4) is 5.75 Å². The maximum atomic E-state index is 14.3. The van der Waals surface area contributed by atoms with Gasteiger partial charge in [0.25, 0.3) is 14.2 Å². The van der Waals surface area contributed by atoms with Crippen molar-refractivity contribution in [3.63, 3.8) is 0 Å². The summed E-state index contributed by atoms with van der Waals surface area (Å²) in [7, 11) is -2.93. The number of nitrogens with one attached hydrogen (secondary N) is 3. The fourth-order valence-electron chi connectivity index (χ4n) is 9.61. The van der Waals surface area contributed by atoms with E-state index in [1.807, 2.05) is 48.2 Å². The Bertz CT molecular complexity index is 2100. The predicted octanol–water partition coefficient (Wildman–Crippen LogP) is 5.36. The second-order valence-electron chi connectivity index (χ2n) is 19.5. The first-order valence-corrected chi connectivity index (χ1v) is 26.0. The molecule has 0 aliphatic carbocycles. The lowest BCUT2D eigenvalue weighted by molar-refractivity contribution is -0.144. The fourth-order valence-corrected chi connectivity index (χ4v) is 14.3. The SMILES string of the molecule is CC[C@]1(C)NC(=O)[C@H](CCCCCC(=O)[C@H](C)O[Si](c2ccccc2)(c2ccccc2)C(C)(C)C)NC(=O)[C@H]2CCCN2C(=O)[C@H](Cc2ccc(OCC(=O)N3CCCCC3)cc2)NC1=O. The summed E-state index contributed by atoms with van der Waals surface area (Å²) < 4.78 is 12.8. The first-order valence-electron chi connectivity index (χ1n) is 24.1. The number of nitrogens with zero attached hydrogens (tertiary/aromatic N) is 2. The van der Waals surface area contributed by atoms with E-state index in [1.165, 1.54) is 4.90 Å². The molecule has 3 heterocycles. The molecule has 0 unspecified atom stereocenters. The van der Waals surface area contributed by atoms with Crippen molar-refractivity contribution in [3.05, 3.63) is 90.5 Å². The molecule has 0 spiro atoms. The zero-order chi connectivity index (χ0) is 47.5. The molecule has 3 N–H and O–H groups in total. The van der Waals surface area contributed by atoms with Crippen LogP contribution in [0.25, 0.3) is 0 Å². The summed E-state index contributed by atoms with van der Waals surface area (Å²) in [5.74, 6) is -1.27. The van der Waals surface area contributed by atoms with Gasteiger partial charge in [-0.15, -0.1) is 0 Å². The highest BCUT2D eigenvalue weighted by molar-refractivity contribution is 6.99. The van der Waals surface area contributed by atoms with E-state index in [-0.39, 0.29) is 48.5 Å². The molecular formula is C52H71N5O8Si. The molecule has 0 aromatic heterocycles. The van der Waals surface area contributed by atoms with Gasteiger partial charge in [0.15, 0.2) is 12.4 Å². The Kier molecular flexibility index (Phi) is 17.0. The first-order chi connectivity index (χ1) is 31.6. The normalized spacial score (nSPS) is 22.5. The van der Waals surface area contributed by atoms with Crippen molar-refractivity contribution in [1.82, 2.24) is 25.8 Å². The third-order valence-electron chi connectivity index (χ3n) is 13.8. The second kappa shape index (κ2) is 22.4. The van der Waals surface area contributed by atoms with E-state index < -0.39 is 55.8 Å². The molecule has 0 bridgehead atoms. The van der Waals surface area contributed by atoms with Crippen molar-refractivity contribution >= 4 is 54.0 Å². The molecule has 5 atom stereocenters. The number of hydrogen-bond acceptors (Lipinski definition) is 8. The summed E-state index contributed by atoms with van der Waals surface area (Å²) in [4.78, 5) is 86.3. The minimum Gasteiger partial charge on any atom is -0.484 e. The van der Waals surface area contributed by atoms with Gasteiger partial charge in [-0.1, -0.05) is 113 Å². The van der Waals surface area contributed by atoms with Gasteiger partial charge < -0.3 is 34.9 Å². The summed E-state index contributed by atoms with van der Waals surface area (Å²) >= 11 is 0. The van der Waals surface area contributed by atoms with Crippen LogP contribution in [-0.2, 0) is 39.6 Å². The number of carbonyl (C=O) groups excluding carboxylic acids is 6. The van der Waals surface area contributed by atoms with Crippen LogP contribution in [0.1, 0.15) is 118 Å². The van der Waals surface area contributed by atoms with Crippen LogP contribution < -0.4 is 31.1 Å². The lowest BCUT2D eigenvalue weighted by Gasteiger charge is -2.44. The Morgan fingerprint density at radius 1 is 0.788 bits per heavy atom. The third kappa shape index (κ3) is 12.0. The summed E-state index contributed by atoms with van der Waals surface area (Å²) in [5.41, 5.74) is -0.630. The Morgan fingerprint density at radius 3 is 2.03 bits per heavy atom. The molecule has 356 valence electrons. The standard InChI is InChI=1S/C52H71N5O8Si/c1-7-52(6)50(63)54-43(35-38-28-30-39(31-29-38)64-36-46(59)56-32-18-11-19-33-56)49(62)57-34-20-26-44(57)48(61)53-42(47(60)55-52)25-16-10-17-27-45(58)37(2)65-66(51(3,4)5,40-21-12-8-13-22-40)41-23-14-9-15-24-41/h8-9,12-15,21-24,28-31,37,42-44H,7,10-11,16-20,25-27,32-36H2,1-6H3,(H,53,61)(H,54,63)(H,55,60)/t37-,42-,43-,44+,52-/m0/s1. The molecule has 66 heavy (non-hydrogen) atoms. The van der Waals surface area contributed by atoms with E-state index >= 15 is 0 Å². The van der Waals surface area contributed by atoms with Gasteiger partial charge in [0.2, 0.25) is 23.6 Å². The molecule has 6 rings (SSSR count). The minimum absolute atomic E-state index is 0.0105. The Balaban J connectivity index is 1.08. The Morgan fingerprint density at radius 2 is 1.42 bits per heavy atom. The van der Waals surface area contributed by atoms with Crippen LogP contribution >= 0.6 is 0 Å². The van der Waals surface area contributed by atoms with Crippen molar-refractivity contribution in [1.29, 1.82) is 0 Å². The van der Waals surface area contributed by atoms with Crippen LogP contribution in [0.2, 0.25) is 5.04 Å². The maximum absolute atomic E-state index is 14.3. The van der Waals surface area contributed by atoms with Crippen LogP contribution in [0.5, 0.6) is 5.75 Å². The summed E-state index contributed by atoms with van der Waals surface area (Å²) in [6.45, 7) is 13.6. The van der Waals surface area contributed by atoms with Crippen molar-refractivity contribution in [2.24, 2.45) is 0 Å². The lowest BCUT2D eigenvalue weighted by atomic mass is 9.94. The van der Waals surface area contributed by atoms with E-state index in [9.17, 15) is 28.8 Å². The molecule has 3 aliphatic heterocycles. The van der Waals surface area contributed by atoms with Crippen LogP contribution in [0.4, 0.5) is 0 Å². The number of unbranched alkanes of at least 4 members (excludes halogenated alkanes) is 2. The molecule has 13 nitrogen and oxygen atoms in total. The van der Waals surface area contributed by atoms with Crippen LogP contribution in [0, 0.1) is 0 Å². The van der Waals surface area contributed by atoms with E-state index in [0.717, 1.165) is 48.3 Å². The molecular weight excluding hydrogens is 851 g/mol. The maximum Gasteiger partial charge on any atom is 0.262 e. The smallest absolute Gasteiger partial charge is 0.262 e. The molecule has 3 aromatic rings. The number of fused-ring (bicyclic) bond motifs is 1. The van der Waals surface area contributed by atoms with Gasteiger partial charge in [-0.2, -0.15) is 0 Å². The summed E-state index contributed by atoms with van der Waals surface area (Å²) in [5, 5.41) is 10.8. The van der Waals surface area contributed by atoms with Gasteiger partial charge in [-0.05, 0) is 98.3 Å². The minimum atomic E-state index is -2.93. The topological polar surface area (TPSA) is 163 Å². The lowest BCUT2D eigenvalue weighted by Crippen LogP contribution is -2.68. The van der Waals surface area contributed by atoms with Gasteiger partial charge in [-0.3, -0.25) is 28.8 Å². The van der Waals surface area contributed by atoms with E-state index in [2.05, 4.69) is 61.0 Å². The fraction of sp³-hybridized carbons (Fsp3) is 0.538. The average Bonchev–Trinajstić information content (AvgIpc) is 3.82. The largest absolute Gasteiger partial charge is 0.484 e. The molecule has 5 amide bonds. The van der Waals surface area contributed by atoms with Gasteiger partial charge in [0.05, 0.1) is 0 Å².